The van der Waals surface area contributed by atoms with Gasteiger partial charge < -0.3 is 14.8 Å². The Kier molecular flexibility index (Phi) is 6.00. The third kappa shape index (κ3) is 3.95. The molecule has 2 rings (SSSR count). The van der Waals surface area contributed by atoms with Gasteiger partial charge in [0, 0.05) is 42.1 Å². The Labute approximate surface area is 128 Å². The van der Waals surface area contributed by atoms with E-state index in [0.717, 1.165) is 48.6 Å². The van der Waals surface area contributed by atoms with Crippen LogP contribution in [0.1, 0.15) is 43.0 Å². The maximum Gasteiger partial charge on any atom is 0.128 e. The molecule has 2 heterocycles. The molecular weight excluding hydrogens is 264 g/mol. The Morgan fingerprint density at radius 2 is 2.24 bits per heavy atom. The lowest BCUT2D eigenvalue weighted by atomic mass is 9.96. The van der Waals surface area contributed by atoms with E-state index in [-0.39, 0.29) is 0 Å². The fraction of sp³-hybridized carbons (Fsp3) is 0.706. The highest BCUT2D eigenvalue weighted by Gasteiger charge is 2.25. The van der Waals surface area contributed by atoms with Gasteiger partial charge in [-0.1, -0.05) is 6.92 Å². The predicted molar refractivity (Wildman–Crippen MR) is 85.0 cm³/mol. The number of pyridine rings is 1. The first-order valence-electron chi connectivity index (χ1n) is 8.01. The van der Waals surface area contributed by atoms with Gasteiger partial charge in [0.25, 0.3) is 0 Å². The summed E-state index contributed by atoms with van der Waals surface area (Å²) in [4.78, 5) is 4.63. The van der Waals surface area contributed by atoms with Crippen LogP contribution in [0.25, 0.3) is 0 Å². The molecule has 0 radical (unpaired) electrons. The van der Waals surface area contributed by atoms with Crippen LogP contribution in [0.15, 0.2) is 6.20 Å². The summed E-state index contributed by atoms with van der Waals surface area (Å²) in [5.41, 5.74) is 3.35. The lowest BCUT2D eigenvalue weighted by Crippen LogP contribution is -2.44. The molecule has 1 fully saturated rings. The summed E-state index contributed by atoms with van der Waals surface area (Å²) in [6.07, 6.45) is 6.68. The minimum atomic E-state index is 0.298. The van der Waals surface area contributed by atoms with Gasteiger partial charge in [-0.15, -0.1) is 0 Å². The van der Waals surface area contributed by atoms with Crippen LogP contribution in [0.3, 0.4) is 0 Å². The van der Waals surface area contributed by atoms with Gasteiger partial charge in [0.1, 0.15) is 5.75 Å². The van der Waals surface area contributed by atoms with Crippen LogP contribution in [0.5, 0.6) is 5.75 Å². The topological polar surface area (TPSA) is 43.4 Å². The van der Waals surface area contributed by atoms with Gasteiger partial charge in [-0.05, 0) is 39.7 Å². The summed E-state index contributed by atoms with van der Waals surface area (Å²) < 4.78 is 11.5. The Hall–Kier alpha value is -1.13. The molecule has 4 heteroatoms. The number of aryl methyl sites for hydroxylation is 1. The van der Waals surface area contributed by atoms with Crippen molar-refractivity contribution in [2.45, 2.75) is 58.6 Å². The van der Waals surface area contributed by atoms with Crippen molar-refractivity contribution in [1.82, 2.24) is 10.3 Å². The van der Waals surface area contributed by atoms with Crippen molar-refractivity contribution in [3.63, 3.8) is 0 Å². The average Bonchev–Trinajstić information content (AvgIpc) is 2.51. The molecule has 118 valence electrons. The molecule has 2 unspecified atom stereocenters. The number of hydrogen-bond acceptors (Lipinski definition) is 4. The maximum absolute atomic E-state index is 5.96. The summed E-state index contributed by atoms with van der Waals surface area (Å²) in [6, 6.07) is 0.328. The molecule has 0 aliphatic carbocycles. The van der Waals surface area contributed by atoms with Gasteiger partial charge in [0.2, 0.25) is 0 Å². The molecule has 1 aliphatic heterocycles. The Morgan fingerprint density at radius 3 is 2.86 bits per heavy atom. The lowest BCUT2D eigenvalue weighted by molar-refractivity contribution is -0.00731. The van der Waals surface area contributed by atoms with E-state index in [4.69, 9.17) is 9.47 Å². The van der Waals surface area contributed by atoms with Crippen molar-refractivity contribution in [2.75, 3.05) is 20.3 Å². The lowest BCUT2D eigenvalue weighted by Gasteiger charge is -2.31. The van der Waals surface area contributed by atoms with Gasteiger partial charge in [-0.2, -0.15) is 0 Å². The van der Waals surface area contributed by atoms with E-state index in [0.29, 0.717) is 12.1 Å². The molecule has 1 aliphatic rings. The second-order valence-electron chi connectivity index (χ2n) is 5.82. The molecule has 0 aromatic carbocycles. The van der Waals surface area contributed by atoms with Crippen molar-refractivity contribution < 1.29 is 9.47 Å². The Morgan fingerprint density at radius 1 is 1.43 bits per heavy atom. The zero-order valence-corrected chi connectivity index (χ0v) is 13.7. The minimum absolute atomic E-state index is 0.298. The quantitative estimate of drug-likeness (QED) is 0.875. The van der Waals surface area contributed by atoms with Crippen molar-refractivity contribution in [3.8, 4) is 5.75 Å². The molecule has 4 nitrogen and oxygen atoms in total. The van der Waals surface area contributed by atoms with Crippen molar-refractivity contribution in [3.05, 3.63) is 23.0 Å². The minimum Gasteiger partial charge on any atom is -0.496 e. The fourth-order valence-electron chi connectivity index (χ4n) is 3.17. The highest BCUT2D eigenvalue weighted by atomic mass is 16.5. The van der Waals surface area contributed by atoms with Crippen LogP contribution < -0.4 is 10.1 Å². The largest absolute Gasteiger partial charge is 0.496 e. The zero-order valence-electron chi connectivity index (χ0n) is 13.7. The molecule has 21 heavy (non-hydrogen) atoms. The molecule has 2 atom stereocenters. The molecule has 1 aromatic heterocycles. The second-order valence-corrected chi connectivity index (χ2v) is 5.82. The molecule has 0 spiro atoms. The van der Waals surface area contributed by atoms with Gasteiger partial charge in [0.15, 0.2) is 0 Å². The third-order valence-corrected chi connectivity index (χ3v) is 4.29. The Bertz CT molecular complexity index is 456. The zero-order chi connectivity index (χ0) is 15.2. The van der Waals surface area contributed by atoms with Crippen LogP contribution in [-0.2, 0) is 11.2 Å². The molecule has 1 N–H and O–H groups in total. The van der Waals surface area contributed by atoms with E-state index in [1.807, 2.05) is 13.1 Å². The molecule has 0 bridgehead atoms. The van der Waals surface area contributed by atoms with E-state index in [1.165, 1.54) is 12.8 Å². The first kappa shape index (κ1) is 16.2. The number of nitrogens with one attached hydrogen (secondary N) is 1. The number of likely N-dealkylation sites (N-methyl/N-ethyl adjacent to an activating group) is 1. The number of methoxy groups -OCH3 is 1. The van der Waals surface area contributed by atoms with Crippen molar-refractivity contribution >= 4 is 0 Å². The van der Waals surface area contributed by atoms with E-state index in [9.17, 15) is 0 Å². The second kappa shape index (κ2) is 7.76. The predicted octanol–water partition coefficient (Wildman–Crippen LogP) is 2.80. The fourth-order valence-corrected chi connectivity index (χ4v) is 3.17. The van der Waals surface area contributed by atoms with Crippen molar-refractivity contribution in [1.29, 1.82) is 0 Å². The summed E-state index contributed by atoms with van der Waals surface area (Å²) in [5.74, 6) is 0.958. The van der Waals surface area contributed by atoms with Crippen molar-refractivity contribution in [2.24, 2.45) is 0 Å². The number of aromatic nitrogens is 1. The molecule has 0 saturated carbocycles. The highest BCUT2D eigenvalue weighted by molar-refractivity contribution is 5.41. The summed E-state index contributed by atoms with van der Waals surface area (Å²) in [6.45, 7) is 8.11. The van der Waals surface area contributed by atoms with Gasteiger partial charge >= 0.3 is 0 Å². The number of hydrogen-bond donors (Lipinski definition) is 1. The number of ether oxygens (including phenoxy) is 2. The average molecular weight is 292 g/mol. The highest BCUT2D eigenvalue weighted by Crippen LogP contribution is 2.26. The summed E-state index contributed by atoms with van der Waals surface area (Å²) in [5, 5.41) is 3.57. The van der Waals surface area contributed by atoms with Crippen LogP contribution in [0.2, 0.25) is 0 Å². The number of nitrogens with zero attached hydrogens (tertiary/aromatic N) is 1. The monoisotopic (exact) mass is 292 g/mol. The normalized spacial score (nSPS) is 20.3. The smallest absolute Gasteiger partial charge is 0.128 e. The first-order chi connectivity index (χ1) is 10.2. The van der Waals surface area contributed by atoms with Gasteiger partial charge in [-0.3, -0.25) is 4.98 Å². The van der Waals surface area contributed by atoms with Crippen LogP contribution in [-0.4, -0.2) is 37.4 Å². The van der Waals surface area contributed by atoms with Crippen LogP contribution >= 0.6 is 0 Å². The summed E-state index contributed by atoms with van der Waals surface area (Å²) in [7, 11) is 1.73. The van der Waals surface area contributed by atoms with E-state index in [2.05, 4.69) is 24.1 Å². The van der Waals surface area contributed by atoms with Gasteiger partial charge in [0.05, 0.1) is 13.2 Å². The first-order valence-corrected chi connectivity index (χ1v) is 8.01. The molecular formula is C17H28N2O2. The molecule has 0 amide bonds. The number of rotatable bonds is 6. The van der Waals surface area contributed by atoms with E-state index in [1.54, 1.807) is 7.11 Å². The van der Waals surface area contributed by atoms with Crippen LogP contribution in [0, 0.1) is 13.8 Å². The van der Waals surface area contributed by atoms with Gasteiger partial charge in [-0.25, -0.2) is 0 Å². The molecule has 1 aromatic rings. The van der Waals surface area contributed by atoms with E-state index >= 15 is 0 Å². The van der Waals surface area contributed by atoms with Crippen LogP contribution in [0.4, 0.5) is 0 Å². The Balaban J connectivity index is 2.16. The van der Waals surface area contributed by atoms with E-state index < -0.39 is 0 Å². The SMILES string of the molecule is CCNC(Cc1ncc(C)c(OC)c1C)C1CCCCO1. The maximum atomic E-state index is 5.96. The standard InChI is InChI=1S/C17H28N2O2/c1-5-18-15(16-8-6-7-9-21-16)10-14-13(3)17(20-4)12(2)11-19-14/h11,15-16,18H,5-10H2,1-4H3. The molecule has 1 saturated heterocycles. The summed E-state index contributed by atoms with van der Waals surface area (Å²) >= 11 is 0. The third-order valence-electron chi connectivity index (χ3n) is 4.29.